The van der Waals surface area contributed by atoms with E-state index in [1.54, 1.807) is 0 Å². The minimum absolute atomic E-state index is 1.13. The maximum Gasteiger partial charge on any atom is -0.0376 e. The summed E-state index contributed by atoms with van der Waals surface area (Å²) in [6.45, 7) is 12.1. The van der Waals surface area contributed by atoms with Crippen molar-refractivity contribution in [1.29, 1.82) is 0 Å². The Morgan fingerprint density at radius 3 is 1.64 bits per heavy atom. The first-order chi connectivity index (χ1) is 5.41. The Hall–Kier alpha value is -0.520. The average molecular weight is 156 g/mol. The Balaban J connectivity index is -0.000000138. The van der Waals surface area contributed by atoms with Crippen molar-refractivity contribution in [2.24, 2.45) is 0 Å². The zero-order chi connectivity index (χ0) is 9.54. The molecule has 0 heteroatoms. The van der Waals surface area contributed by atoms with Crippen LogP contribution < -0.4 is 0 Å². The number of hydrogen-bond donors (Lipinski definition) is 0. The second kappa shape index (κ2) is 34.0. The van der Waals surface area contributed by atoms with Crippen molar-refractivity contribution < 1.29 is 0 Å². The van der Waals surface area contributed by atoms with Gasteiger partial charge in [0.25, 0.3) is 0 Å². The minimum atomic E-state index is 1.13. The third kappa shape index (κ3) is 43.8. The van der Waals surface area contributed by atoms with Crippen LogP contribution in [0.2, 0.25) is 0 Å². The van der Waals surface area contributed by atoms with E-state index in [0.717, 1.165) is 6.42 Å². The molecule has 0 nitrogen and oxygen atoms in total. The van der Waals surface area contributed by atoms with E-state index in [2.05, 4.69) is 19.1 Å². The predicted molar refractivity (Wildman–Crippen MR) is 56.9 cm³/mol. The molecule has 68 valence electrons. The van der Waals surface area contributed by atoms with Crippen molar-refractivity contribution in [2.75, 3.05) is 0 Å². The van der Waals surface area contributed by atoms with Crippen molar-refractivity contribution in [3.8, 4) is 0 Å². The van der Waals surface area contributed by atoms with Crippen LogP contribution in [0.15, 0.2) is 24.3 Å². The van der Waals surface area contributed by atoms with Gasteiger partial charge in [-0.1, -0.05) is 58.9 Å². The monoisotopic (exact) mass is 156 g/mol. The van der Waals surface area contributed by atoms with Crippen LogP contribution in [0.25, 0.3) is 0 Å². The van der Waals surface area contributed by atoms with Crippen molar-refractivity contribution in [3.05, 3.63) is 24.3 Å². The molecule has 0 heterocycles. The van der Waals surface area contributed by atoms with Crippen LogP contribution in [0.4, 0.5) is 0 Å². The summed E-state index contributed by atoms with van der Waals surface area (Å²) in [5, 5.41) is 0. The lowest BCUT2D eigenvalue weighted by Crippen LogP contribution is -1.48. The van der Waals surface area contributed by atoms with Gasteiger partial charge in [0.05, 0.1) is 0 Å². The first-order valence-corrected chi connectivity index (χ1v) is 4.69. The highest BCUT2D eigenvalue weighted by Crippen LogP contribution is 1.79. The van der Waals surface area contributed by atoms with Crippen LogP contribution in [0, 0.1) is 0 Å². The average Bonchev–Trinajstić information content (AvgIpc) is 2.13. The molecule has 0 unspecified atom stereocenters. The molecule has 0 aliphatic heterocycles. The third-order valence-corrected chi connectivity index (χ3v) is 0.675. The summed E-state index contributed by atoms with van der Waals surface area (Å²) in [6, 6.07) is 0. The molecule has 0 aliphatic rings. The maximum atomic E-state index is 2.12. The summed E-state index contributed by atoms with van der Waals surface area (Å²) in [6.07, 6.45) is 9.36. The zero-order valence-corrected chi connectivity index (χ0v) is 9.02. The summed E-state index contributed by atoms with van der Waals surface area (Å²) in [5.41, 5.74) is 0. The summed E-state index contributed by atoms with van der Waals surface area (Å²) < 4.78 is 0. The molecule has 0 spiro atoms. The van der Waals surface area contributed by atoms with E-state index in [9.17, 15) is 0 Å². The number of rotatable bonds is 2. The predicted octanol–water partition coefficient (Wildman–Crippen LogP) is 4.58. The molecular formula is C11H24. The molecule has 0 saturated heterocycles. The Morgan fingerprint density at radius 1 is 0.909 bits per heavy atom. The fourth-order valence-electron chi connectivity index (χ4n) is 0.326. The molecule has 0 N–H and O–H groups in total. The normalized spacial score (nSPS) is 8.55. The number of hydrogen-bond acceptors (Lipinski definition) is 0. The molecule has 0 aliphatic carbocycles. The maximum absolute atomic E-state index is 2.12. The van der Waals surface area contributed by atoms with Gasteiger partial charge in [0.15, 0.2) is 0 Å². The van der Waals surface area contributed by atoms with Gasteiger partial charge in [-0.25, -0.2) is 0 Å². The lowest BCUT2D eigenvalue weighted by Gasteiger charge is -1.70. The molecule has 0 aromatic heterocycles. The minimum Gasteiger partial charge on any atom is -0.0877 e. The molecule has 0 amide bonds. The molecule has 0 aromatic rings. The van der Waals surface area contributed by atoms with E-state index >= 15 is 0 Å². The van der Waals surface area contributed by atoms with Crippen LogP contribution in [-0.2, 0) is 0 Å². The van der Waals surface area contributed by atoms with Gasteiger partial charge >= 0.3 is 0 Å². The molecule has 0 bridgehead atoms. The van der Waals surface area contributed by atoms with Crippen molar-refractivity contribution >= 4 is 0 Å². The third-order valence-electron chi connectivity index (χ3n) is 0.675. The molecular weight excluding hydrogens is 132 g/mol. The van der Waals surface area contributed by atoms with Gasteiger partial charge in [0.1, 0.15) is 0 Å². The molecule has 0 rings (SSSR count). The quantitative estimate of drug-likeness (QED) is 0.513. The summed E-state index contributed by atoms with van der Waals surface area (Å²) in [4.78, 5) is 0. The Morgan fingerprint density at radius 2 is 1.36 bits per heavy atom. The lowest BCUT2D eigenvalue weighted by atomic mass is 10.4. The highest BCUT2D eigenvalue weighted by molar-refractivity contribution is 5.00. The number of allylic oxidation sites excluding steroid dienone is 4. The Bertz CT molecular complexity index is 68.1. The van der Waals surface area contributed by atoms with Gasteiger partial charge in [-0.05, 0) is 13.3 Å². The van der Waals surface area contributed by atoms with Gasteiger partial charge in [-0.2, -0.15) is 0 Å². The van der Waals surface area contributed by atoms with Gasteiger partial charge in [-0.3, -0.25) is 0 Å². The van der Waals surface area contributed by atoms with Gasteiger partial charge in [-0.15, -0.1) is 0 Å². The highest BCUT2D eigenvalue weighted by atomic mass is 13.6. The molecule has 0 fully saturated rings. The van der Waals surface area contributed by atoms with Crippen LogP contribution >= 0.6 is 0 Å². The summed E-state index contributed by atoms with van der Waals surface area (Å²) >= 11 is 0. The highest BCUT2D eigenvalue weighted by Gasteiger charge is 1.57. The topological polar surface area (TPSA) is 0 Å². The lowest BCUT2D eigenvalue weighted by molar-refractivity contribution is 1.22. The van der Waals surface area contributed by atoms with Crippen molar-refractivity contribution in [2.45, 2.75) is 48.0 Å². The Labute approximate surface area is 73.0 Å². The first-order valence-electron chi connectivity index (χ1n) is 4.69. The largest absolute Gasteiger partial charge is 0.0877 e. The second-order valence-electron chi connectivity index (χ2n) is 1.36. The van der Waals surface area contributed by atoms with E-state index in [-0.39, 0.29) is 0 Å². The smallest absolute Gasteiger partial charge is 0.0376 e. The van der Waals surface area contributed by atoms with E-state index in [4.69, 9.17) is 0 Å². The van der Waals surface area contributed by atoms with E-state index in [1.165, 1.54) is 0 Å². The van der Waals surface area contributed by atoms with E-state index in [1.807, 2.05) is 46.8 Å². The van der Waals surface area contributed by atoms with Gasteiger partial charge in [0, 0.05) is 0 Å². The standard InChI is InChI=1S/C7H12.2C2H6/c1-3-5-7-6-4-2;2*1-2/h3,5-7H,4H2,1-2H3;2*1-2H3/b5-3-,7-6-;;. The second-order valence-corrected chi connectivity index (χ2v) is 1.36. The fraction of sp³-hybridized carbons (Fsp3) is 0.636. The SMILES string of the molecule is C/C=C\C=C/CC.CC.CC. The van der Waals surface area contributed by atoms with E-state index < -0.39 is 0 Å². The van der Waals surface area contributed by atoms with Crippen LogP contribution in [0.5, 0.6) is 0 Å². The van der Waals surface area contributed by atoms with Crippen molar-refractivity contribution in [1.82, 2.24) is 0 Å². The molecule has 0 saturated carbocycles. The zero-order valence-electron chi connectivity index (χ0n) is 9.02. The van der Waals surface area contributed by atoms with Crippen LogP contribution in [-0.4, -0.2) is 0 Å². The van der Waals surface area contributed by atoms with Crippen LogP contribution in [0.3, 0.4) is 0 Å². The molecule has 0 atom stereocenters. The van der Waals surface area contributed by atoms with Crippen LogP contribution in [0.1, 0.15) is 48.0 Å². The Kier molecular flexibility index (Phi) is 52.0. The molecule has 0 aromatic carbocycles. The van der Waals surface area contributed by atoms with Gasteiger partial charge < -0.3 is 0 Å². The summed E-state index contributed by atoms with van der Waals surface area (Å²) in [5.74, 6) is 0. The fourth-order valence-corrected chi connectivity index (χ4v) is 0.326. The molecule has 11 heavy (non-hydrogen) atoms. The first kappa shape index (κ1) is 16.8. The van der Waals surface area contributed by atoms with Gasteiger partial charge in [0.2, 0.25) is 0 Å². The molecule has 0 radical (unpaired) electrons. The van der Waals surface area contributed by atoms with Crippen molar-refractivity contribution in [3.63, 3.8) is 0 Å². The van der Waals surface area contributed by atoms with E-state index in [0.29, 0.717) is 0 Å². The summed E-state index contributed by atoms with van der Waals surface area (Å²) in [7, 11) is 0.